The number of aryl methyl sites for hydroxylation is 1. The smallest absolute Gasteiger partial charge is 0.252 e. The van der Waals surface area contributed by atoms with Crippen molar-refractivity contribution >= 4 is 16.8 Å². The van der Waals surface area contributed by atoms with Crippen LogP contribution in [0, 0.1) is 11.3 Å². The number of para-hydroxylation sites is 1. The molecule has 1 aromatic heterocycles. The summed E-state index contributed by atoms with van der Waals surface area (Å²) in [6.45, 7) is 7.02. The lowest BCUT2D eigenvalue weighted by molar-refractivity contribution is 0.0943. The van der Waals surface area contributed by atoms with Gasteiger partial charge in [0.25, 0.3) is 5.91 Å². The van der Waals surface area contributed by atoms with E-state index in [1.54, 1.807) is 0 Å². The Morgan fingerprint density at radius 2 is 2.08 bits per heavy atom. The minimum Gasteiger partial charge on any atom is -0.395 e. The van der Waals surface area contributed by atoms with E-state index in [4.69, 9.17) is 10.1 Å². The zero-order valence-electron chi connectivity index (χ0n) is 14.7. The number of nitrogens with zero attached hydrogens (tertiary/aromatic N) is 1. The van der Waals surface area contributed by atoms with Crippen molar-refractivity contribution < 1.29 is 9.90 Å². The van der Waals surface area contributed by atoms with Crippen LogP contribution in [0.4, 0.5) is 0 Å². The first-order valence-corrected chi connectivity index (χ1v) is 8.71. The number of aromatic nitrogens is 1. The largest absolute Gasteiger partial charge is 0.395 e. The van der Waals surface area contributed by atoms with E-state index in [0.29, 0.717) is 5.92 Å². The molecule has 1 amide bonds. The van der Waals surface area contributed by atoms with Gasteiger partial charge in [-0.3, -0.25) is 9.78 Å². The number of fused-ring (bicyclic) bond motifs is 2. The number of hydrogen-bond donors (Lipinski definition) is 2. The van der Waals surface area contributed by atoms with Gasteiger partial charge in [0.2, 0.25) is 0 Å². The molecule has 0 saturated carbocycles. The molecule has 0 bridgehead atoms. The molecule has 2 N–H and O–H groups in total. The first kappa shape index (κ1) is 16.9. The third-order valence-electron chi connectivity index (χ3n) is 5.11. The average molecular weight is 326 g/mol. The fourth-order valence-electron chi connectivity index (χ4n) is 3.64. The maximum atomic E-state index is 12.8. The lowest BCUT2D eigenvalue weighted by Gasteiger charge is -2.35. The Kier molecular flexibility index (Phi) is 4.59. The van der Waals surface area contributed by atoms with Crippen LogP contribution >= 0.6 is 0 Å². The number of aliphatic hydroxyl groups is 1. The van der Waals surface area contributed by atoms with E-state index in [-0.39, 0.29) is 24.5 Å². The lowest BCUT2D eigenvalue weighted by atomic mass is 9.70. The van der Waals surface area contributed by atoms with E-state index in [9.17, 15) is 4.79 Å². The quantitative estimate of drug-likeness (QED) is 0.911. The zero-order chi connectivity index (χ0) is 17.3. The van der Waals surface area contributed by atoms with Crippen LogP contribution in [0.1, 0.15) is 48.8 Å². The number of benzene rings is 1. The lowest BCUT2D eigenvalue weighted by Crippen LogP contribution is -2.32. The molecule has 1 atom stereocenters. The molecule has 128 valence electrons. The molecule has 2 aromatic rings. The predicted octanol–water partition coefficient (Wildman–Crippen LogP) is 3.11. The third-order valence-corrected chi connectivity index (χ3v) is 5.11. The van der Waals surface area contributed by atoms with Gasteiger partial charge in [-0.1, -0.05) is 39.0 Å². The molecule has 24 heavy (non-hydrogen) atoms. The first-order valence-electron chi connectivity index (χ1n) is 8.71. The second kappa shape index (κ2) is 6.52. The van der Waals surface area contributed by atoms with Crippen LogP contribution in [0.3, 0.4) is 0 Å². The fourth-order valence-corrected chi connectivity index (χ4v) is 3.64. The van der Waals surface area contributed by atoms with E-state index in [0.717, 1.165) is 47.0 Å². The predicted molar refractivity (Wildman–Crippen MR) is 96.1 cm³/mol. The van der Waals surface area contributed by atoms with Gasteiger partial charge < -0.3 is 10.4 Å². The number of nitrogens with one attached hydrogen (secondary N) is 1. The summed E-state index contributed by atoms with van der Waals surface area (Å²) >= 11 is 0. The van der Waals surface area contributed by atoms with E-state index in [1.165, 1.54) is 0 Å². The summed E-state index contributed by atoms with van der Waals surface area (Å²) in [5.74, 6) is 0.436. The molecular formula is C20H26N2O2. The molecule has 0 radical (unpaired) electrons. The highest BCUT2D eigenvalue weighted by molar-refractivity contribution is 6.07. The average Bonchev–Trinajstić information content (AvgIpc) is 2.56. The highest BCUT2D eigenvalue weighted by Crippen LogP contribution is 2.39. The molecule has 1 heterocycles. The van der Waals surface area contributed by atoms with Crippen molar-refractivity contribution in [1.29, 1.82) is 0 Å². The fraction of sp³-hybridized carbons (Fsp3) is 0.500. The Bertz CT molecular complexity index is 762. The summed E-state index contributed by atoms with van der Waals surface area (Å²) in [4.78, 5) is 17.6. The van der Waals surface area contributed by atoms with Crippen LogP contribution in [-0.2, 0) is 12.8 Å². The van der Waals surface area contributed by atoms with Gasteiger partial charge >= 0.3 is 0 Å². The number of carbonyl (C=O) groups excluding carboxylic acids is 1. The molecule has 0 spiro atoms. The summed E-state index contributed by atoms with van der Waals surface area (Å²) in [5, 5.41) is 12.8. The maximum absolute atomic E-state index is 12.8. The Morgan fingerprint density at radius 3 is 2.79 bits per heavy atom. The highest BCUT2D eigenvalue weighted by atomic mass is 16.3. The molecule has 0 aliphatic heterocycles. The molecule has 4 nitrogen and oxygen atoms in total. The van der Waals surface area contributed by atoms with Crippen LogP contribution in [0.15, 0.2) is 24.3 Å². The van der Waals surface area contributed by atoms with Crippen LogP contribution in [0.2, 0.25) is 0 Å². The van der Waals surface area contributed by atoms with Crippen molar-refractivity contribution in [2.45, 2.75) is 40.0 Å². The summed E-state index contributed by atoms with van der Waals surface area (Å²) in [6, 6.07) is 7.84. The molecular weight excluding hydrogens is 300 g/mol. The molecule has 1 aliphatic rings. The summed E-state index contributed by atoms with van der Waals surface area (Å²) in [7, 11) is 0. The van der Waals surface area contributed by atoms with Crippen molar-refractivity contribution in [3.05, 3.63) is 41.1 Å². The molecule has 1 aliphatic carbocycles. The second-order valence-corrected chi connectivity index (χ2v) is 7.71. The van der Waals surface area contributed by atoms with Gasteiger partial charge in [-0.25, -0.2) is 0 Å². The van der Waals surface area contributed by atoms with E-state index < -0.39 is 0 Å². The number of rotatable bonds is 3. The van der Waals surface area contributed by atoms with E-state index in [1.807, 2.05) is 24.3 Å². The van der Waals surface area contributed by atoms with Crippen LogP contribution in [0.5, 0.6) is 0 Å². The van der Waals surface area contributed by atoms with Crippen molar-refractivity contribution in [2.24, 2.45) is 11.3 Å². The molecule has 4 heteroatoms. The second-order valence-electron chi connectivity index (χ2n) is 7.71. The third kappa shape index (κ3) is 3.16. The summed E-state index contributed by atoms with van der Waals surface area (Å²) < 4.78 is 0. The van der Waals surface area contributed by atoms with Crippen molar-refractivity contribution in [3.63, 3.8) is 0 Å². The van der Waals surface area contributed by atoms with Crippen molar-refractivity contribution in [3.8, 4) is 0 Å². The Hall–Kier alpha value is -1.94. The topological polar surface area (TPSA) is 62.2 Å². The Balaban J connectivity index is 2.13. The number of amides is 1. The molecule has 1 unspecified atom stereocenters. The summed E-state index contributed by atoms with van der Waals surface area (Å²) in [6.07, 6.45) is 2.92. The Morgan fingerprint density at radius 1 is 1.33 bits per heavy atom. The van der Waals surface area contributed by atoms with Gasteiger partial charge in [0.1, 0.15) is 0 Å². The first-order chi connectivity index (χ1) is 11.4. The van der Waals surface area contributed by atoms with Crippen molar-refractivity contribution in [2.75, 3.05) is 13.2 Å². The van der Waals surface area contributed by atoms with Crippen LogP contribution in [-0.4, -0.2) is 29.1 Å². The minimum absolute atomic E-state index is 0.0540. The Labute approximate surface area is 143 Å². The summed E-state index contributed by atoms with van der Waals surface area (Å²) in [5.41, 5.74) is 3.98. The maximum Gasteiger partial charge on any atom is 0.252 e. The minimum atomic E-state index is -0.103. The van der Waals surface area contributed by atoms with Gasteiger partial charge in [0.15, 0.2) is 0 Å². The normalized spacial score (nSPS) is 17.6. The van der Waals surface area contributed by atoms with Crippen molar-refractivity contribution in [1.82, 2.24) is 10.3 Å². The van der Waals surface area contributed by atoms with Gasteiger partial charge in [0.05, 0.1) is 17.7 Å². The molecule has 0 fully saturated rings. The standard InChI is InChI=1S/C20H26N2O2/c1-20(2,3)13-8-9-17-15(12-13)18(19(24)21-10-11-23)14-6-4-5-7-16(14)22-17/h4-7,13,23H,8-12H2,1-3H3,(H,21,24). The van der Waals surface area contributed by atoms with Gasteiger partial charge in [-0.15, -0.1) is 0 Å². The zero-order valence-corrected chi connectivity index (χ0v) is 14.7. The van der Waals surface area contributed by atoms with Crippen LogP contribution in [0.25, 0.3) is 10.9 Å². The number of carbonyl (C=O) groups is 1. The monoisotopic (exact) mass is 326 g/mol. The number of aliphatic hydroxyl groups excluding tert-OH is 1. The molecule has 0 saturated heterocycles. The molecule has 1 aromatic carbocycles. The van der Waals surface area contributed by atoms with E-state index >= 15 is 0 Å². The number of hydrogen-bond acceptors (Lipinski definition) is 3. The highest BCUT2D eigenvalue weighted by Gasteiger charge is 2.32. The molecule has 3 rings (SSSR count). The van der Waals surface area contributed by atoms with Crippen LogP contribution < -0.4 is 5.32 Å². The van der Waals surface area contributed by atoms with Gasteiger partial charge in [0, 0.05) is 17.6 Å². The van der Waals surface area contributed by atoms with E-state index in [2.05, 4.69) is 26.1 Å². The van der Waals surface area contributed by atoms with Gasteiger partial charge in [-0.2, -0.15) is 0 Å². The number of pyridine rings is 1. The SMILES string of the molecule is CC(C)(C)C1CCc2nc3ccccc3c(C(=O)NCCO)c2C1. The van der Waals surface area contributed by atoms with Gasteiger partial charge in [-0.05, 0) is 42.2 Å².